The van der Waals surface area contributed by atoms with E-state index in [4.69, 9.17) is 29.8 Å². The number of rotatable bonds is 16. The first-order valence-electron chi connectivity index (χ1n) is 14.0. The molecule has 0 saturated heterocycles. The fraction of sp³-hybridized carbons (Fsp3) is 0.355. The molecule has 2 atom stereocenters. The molecule has 4 rings (SSSR count). The number of ether oxygens (including phenoxy) is 3. The average Bonchev–Trinajstić information content (AvgIpc) is 3.42. The molecule has 1 heterocycles. The molecule has 43 heavy (non-hydrogen) atoms. The lowest BCUT2D eigenvalue weighted by molar-refractivity contribution is -0.130. The number of carbonyl (C=O) groups is 1. The zero-order valence-electron chi connectivity index (χ0n) is 23.9. The summed E-state index contributed by atoms with van der Waals surface area (Å²) < 4.78 is 18.3. The molecule has 0 radical (unpaired) electrons. The molecule has 0 aromatic heterocycles. The molecular weight excluding hydrogens is 616 g/mol. The van der Waals surface area contributed by atoms with E-state index in [0.717, 1.165) is 15.6 Å². The lowest BCUT2D eigenvalue weighted by atomic mass is 9.80. The van der Waals surface area contributed by atoms with Gasteiger partial charge in [-0.2, -0.15) is 0 Å². The molecule has 0 unspecified atom stereocenters. The Morgan fingerprint density at radius 2 is 1.84 bits per heavy atom. The van der Waals surface area contributed by atoms with Crippen LogP contribution in [0.2, 0.25) is 0 Å². The number of nitrogens with one attached hydrogen (secondary N) is 2. The molecule has 0 saturated carbocycles. The van der Waals surface area contributed by atoms with Crippen molar-refractivity contribution in [1.82, 2.24) is 10.9 Å². The molecule has 11 nitrogen and oxygen atoms in total. The van der Waals surface area contributed by atoms with Crippen LogP contribution in [0, 0.1) is 0 Å². The summed E-state index contributed by atoms with van der Waals surface area (Å²) in [5.74, 6) is 0.569. The van der Waals surface area contributed by atoms with Crippen molar-refractivity contribution in [2.75, 3.05) is 33.5 Å². The van der Waals surface area contributed by atoms with Gasteiger partial charge in [-0.25, -0.2) is 10.4 Å². The van der Waals surface area contributed by atoms with E-state index in [9.17, 15) is 4.79 Å². The number of nitrogens with zero attached hydrogens (tertiary/aromatic N) is 4. The van der Waals surface area contributed by atoms with Crippen molar-refractivity contribution < 1.29 is 24.1 Å². The Bertz CT molecular complexity index is 1450. The van der Waals surface area contributed by atoms with Crippen LogP contribution < -0.4 is 15.6 Å². The van der Waals surface area contributed by atoms with Gasteiger partial charge in [0.15, 0.2) is 11.6 Å². The smallest absolute Gasteiger partial charge is 0.266 e. The molecule has 1 aliphatic heterocycles. The molecule has 0 aliphatic carbocycles. The summed E-state index contributed by atoms with van der Waals surface area (Å²) in [6, 6.07) is 22.4. The van der Waals surface area contributed by atoms with E-state index in [1.807, 2.05) is 60.7 Å². The van der Waals surface area contributed by atoms with Gasteiger partial charge in [0.1, 0.15) is 5.75 Å². The highest BCUT2D eigenvalue weighted by Gasteiger charge is 2.54. The monoisotopic (exact) mass is 650 g/mol. The first-order valence-corrected chi connectivity index (χ1v) is 14.8. The Labute approximate surface area is 259 Å². The van der Waals surface area contributed by atoms with Gasteiger partial charge >= 0.3 is 0 Å². The van der Waals surface area contributed by atoms with Gasteiger partial charge in [-0.15, -0.1) is 0 Å². The molecule has 1 aliphatic rings. The van der Waals surface area contributed by atoms with Crippen molar-refractivity contribution in [1.29, 1.82) is 0 Å². The minimum absolute atomic E-state index is 0.0498. The van der Waals surface area contributed by atoms with E-state index < -0.39 is 11.6 Å². The van der Waals surface area contributed by atoms with Crippen molar-refractivity contribution in [3.63, 3.8) is 0 Å². The standard InChI is InChI=1S/C31H35BrN6O5/c1-41-18-6-16-34-37-30(40)31(20-23-8-3-5-11-27(23)32)28(26-10-4-2-9-24(26)21-35-38-33)43-29(36-31)22-12-14-25(15-13-22)42-19-7-17-39/h2-5,8-15,28,34,39H,6-7,16-21H2,1H3,(H,37,40)/t28-,31-/m0/s1. The lowest BCUT2D eigenvalue weighted by Gasteiger charge is -2.32. The summed E-state index contributed by atoms with van der Waals surface area (Å²) in [4.78, 5) is 22.3. The zero-order chi connectivity index (χ0) is 30.5. The zero-order valence-corrected chi connectivity index (χ0v) is 25.5. The number of azide groups is 1. The summed E-state index contributed by atoms with van der Waals surface area (Å²) >= 11 is 3.64. The largest absolute Gasteiger partial charge is 0.494 e. The fourth-order valence-corrected chi connectivity index (χ4v) is 5.21. The van der Waals surface area contributed by atoms with Gasteiger partial charge in [-0.3, -0.25) is 10.2 Å². The molecule has 0 fully saturated rings. The van der Waals surface area contributed by atoms with E-state index >= 15 is 0 Å². The maximum Gasteiger partial charge on any atom is 0.266 e. The third-order valence-electron chi connectivity index (χ3n) is 6.94. The van der Waals surface area contributed by atoms with Crippen molar-refractivity contribution in [2.45, 2.75) is 37.5 Å². The van der Waals surface area contributed by atoms with Crippen molar-refractivity contribution in [2.24, 2.45) is 10.1 Å². The van der Waals surface area contributed by atoms with Gasteiger partial charge < -0.3 is 19.3 Å². The van der Waals surface area contributed by atoms with E-state index in [0.29, 0.717) is 55.4 Å². The normalized spacial score (nSPS) is 17.5. The van der Waals surface area contributed by atoms with Gasteiger partial charge in [-0.1, -0.05) is 63.5 Å². The minimum atomic E-state index is -1.43. The second-order valence-corrected chi connectivity index (χ2v) is 10.7. The van der Waals surface area contributed by atoms with Crippen LogP contribution in [0.25, 0.3) is 10.4 Å². The van der Waals surface area contributed by atoms with Crippen LogP contribution in [0.4, 0.5) is 0 Å². The number of carbonyl (C=O) groups excluding carboxylic acids is 1. The molecule has 3 aromatic rings. The molecular formula is C31H35BrN6O5. The maximum absolute atomic E-state index is 14.3. The average molecular weight is 652 g/mol. The Morgan fingerprint density at radius 1 is 1.09 bits per heavy atom. The topological polar surface area (TPSA) is 150 Å². The van der Waals surface area contributed by atoms with Crippen LogP contribution in [0.15, 0.2) is 87.4 Å². The van der Waals surface area contributed by atoms with E-state index in [1.54, 1.807) is 19.2 Å². The second kappa shape index (κ2) is 16.1. The third kappa shape index (κ3) is 8.13. The Morgan fingerprint density at radius 3 is 2.56 bits per heavy atom. The van der Waals surface area contributed by atoms with Crippen LogP contribution >= 0.6 is 15.9 Å². The van der Waals surface area contributed by atoms with Crippen LogP contribution in [-0.2, 0) is 27.2 Å². The highest BCUT2D eigenvalue weighted by molar-refractivity contribution is 9.10. The number of amides is 1. The fourth-order valence-electron chi connectivity index (χ4n) is 4.79. The van der Waals surface area contributed by atoms with Crippen molar-refractivity contribution >= 4 is 27.7 Å². The predicted octanol–water partition coefficient (Wildman–Crippen LogP) is 5.18. The number of hydrazine groups is 1. The molecule has 3 N–H and O–H groups in total. The van der Waals surface area contributed by atoms with E-state index in [2.05, 4.69) is 36.8 Å². The van der Waals surface area contributed by atoms with Crippen molar-refractivity contribution in [3.05, 3.63) is 110 Å². The number of methoxy groups -OCH3 is 1. The van der Waals surface area contributed by atoms with Gasteiger partial charge in [0.25, 0.3) is 5.91 Å². The molecule has 1 amide bonds. The van der Waals surface area contributed by atoms with Gasteiger partial charge in [0.2, 0.25) is 5.90 Å². The minimum Gasteiger partial charge on any atom is -0.494 e. The summed E-state index contributed by atoms with van der Waals surface area (Å²) in [7, 11) is 1.63. The molecule has 12 heteroatoms. The predicted molar refractivity (Wildman–Crippen MR) is 167 cm³/mol. The highest BCUT2D eigenvalue weighted by Crippen LogP contribution is 2.44. The third-order valence-corrected chi connectivity index (χ3v) is 7.72. The first-order chi connectivity index (χ1) is 21.0. The number of aliphatic imine (C=N–C) groups is 1. The summed E-state index contributed by atoms with van der Waals surface area (Å²) in [6.07, 6.45) is 0.595. The Balaban J connectivity index is 1.79. The lowest BCUT2D eigenvalue weighted by Crippen LogP contribution is -2.54. The highest BCUT2D eigenvalue weighted by atomic mass is 79.9. The maximum atomic E-state index is 14.3. The van der Waals surface area contributed by atoms with E-state index in [1.165, 1.54) is 0 Å². The van der Waals surface area contributed by atoms with Crippen LogP contribution in [-0.4, -0.2) is 55.9 Å². The Kier molecular flexibility index (Phi) is 12.0. The molecule has 0 bridgehead atoms. The second-order valence-electron chi connectivity index (χ2n) is 9.87. The number of aliphatic hydroxyl groups excluding tert-OH is 1. The summed E-state index contributed by atoms with van der Waals surface area (Å²) in [5.41, 5.74) is 16.4. The summed E-state index contributed by atoms with van der Waals surface area (Å²) in [6.45, 7) is 1.57. The number of halogens is 1. The van der Waals surface area contributed by atoms with Crippen LogP contribution in [0.5, 0.6) is 5.75 Å². The molecule has 0 spiro atoms. The number of hydrogen-bond acceptors (Lipinski definition) is 8. The first kappa shape index (κ1) is 32.0. The SMILES string of the molecule is COCCCNNC(=O)[C@@]1(Cc2ccccc2Br)N=C(c2ccc(OCCCO)cc2)O[C@H]1c1ccccc1CN=[N+]=[N-]. The molecule has 3 aromatic carbocycles. The Hall–Kier alpha value is -3.93. The van der Waals surface area contributed by atoms with Gasteiger partial charge in [-0.05, 0) is 59.0 Å². The number of benzene rings is 3. The molecule has 226 valence electrons. The van der Waals surface area contributed by atoms with E-state index in [-0.39, 0.29) is 25.5 Å². The van der Waals surface area contributed by atoms with Crippen molar-refractivity contribution in [3.8, 4) is 5.75 Å². The quantitative estimate of drug-likeness (QED) is 0.0639. The number of hydrogen-bond donors (Lipinski definition) is 3. The van der Waals surface area contributed by atoms with Crippen LogP contribution in [0.1, 0.15) is 41.2 Å². The summed E-state index contributed by atoms with van der Waals surface area (Å²) in [5, 5.41) is 12.8. The number of aliphatic hydroxyl groups is 1. The van der Waals surface area contributed by atoms with Gasteiger partial charge in [0, 0.05) is 54.7 Å². The van der Waals surface area contributed by atoms with Crippen LogP contribution in [0.3, 0.4) is 0 Å². The van der Waals surface area contributed by atoms with Gasteiger partial charge in [0.05, 0.1) is 13.2 Å².